The molecular formula is C12H15FN4O3. The smallest absolute Gasteiger partial charge is 0.272 e. The minimum absolute atomic E-state index is 0.0330. The Morgan fingerprint density at radius 1 is 1.45 bits per heavy atom. The van der Waals surface area contributed by atoms with Gasteiger partial charge < -0.3 is 15.5 Å². The first-order valence-electron chi connectivity index (χ1n) is 6.24. The molecule has 0 spiro atoms. The van der Waals surface area contributed by atoms with Gasteiger partial charge in [-0.15, -0.1) is 0 Å². The molecule has 0 aromatic heterocycles. The molecule has 0 radical (unpaired) electrons. The standard InChI is InChI=1S/C12H15FN4O3/c13-10-7-9(17(19)20)1-2-11(10)15-8-12(18)16-5-3-14-4-6-16/h1-2,7,14-15H,3-6,8H2. The van der Waals surface area contributed by atoms with Crippen molar-refractivity contribution in [1.29, 1.82) is 0 Å². The van der Waals surface area contributed by atoms with Gasteiger partial charge in [-0.2, -0.15) is 0 Å². The lowest BCUT2D eigenvalue weighted by Crippen LogP contribution is -2.48. The van der Waals surface area contributed by atoms with E-state index in [-0.39, 0.29) is 23.8 Å². The normalized spacial score (nSPS) is 14.9. The molecule has 0 saturated carbocycles. The molecule has 1 aliphatic rings. The summed E-state index contributed by atoms with van der Waals surface area (Å²) in [6, 6.07) is 3.29. The lowest BCUT2D eigenvalue weighted by Gasteiger charge is -2.27. The Morgan fingerprint density at radius 3 is 2.75 bits per heavy atom. The number of hydrogen-bond donors (Lipinski definition) is 2. The Kier molecular flexibility index (Phi) is 4.46. The van der Waals surface area contributed by atoms with Gasteiger partial charge in [-0.25, -0.2) is 4.39 Å². The van der Waals surface area contributed by atoms with Crippen LogP contribution < -0.4 is 10.6 Å². The first-order chi connectivity index (χ1) is 9.58. The van der Waals surface area contributed by atoms with Crippen molar-refractivity contribution in [2.75, 3.05) is 38.0 Å². The topological polar surface area (TPSA) is 87.5 Å². The van der Waals surface area contributed by atoms with Crippen LogP contribution in [0.5, 0.6) is 0 Å². The summed E-state index contributed by atoms with van der Waals surface area (Å²) in [6.07, 6.45) is 0. The van der Waals surface area contributed by atoms with Crippen LogP contribution in [0.3, 0.4) is 0 Å². The number of nitro groups is 1. The molecule has 1 amide bonds. The fourth-order valence-electron chi connectivity index (χ4n) is 1.96. The van der Waals surface area contributed by atoms with Crippen molar-refractivity contribution in [3.63, 3.8) is 0 Å². The molecule has 1 aromatic carbocycles. The van der Waals surface area contributed by atoms with Crippen molar-refractivity contribution in [2.45, 2.75) is 0 Å². The second-order valence-electron chi connectivity index (χ2n) is 4.41. The summed E-state index contributed by atoms with van der Waals surface area (Å²) in [5.74, 6) is -0.864. The second-order valence-corrected chi connectivity index (χ2v) is 4.41. The van der Waals surface area contributed by atoms with Gasteiger partial charge in [0.2, 0.25) is 5.91 Å². The lowest BCUT2D eigenvalue weighted by atomic mass is 10.2. The first-order valence-corrected chi connectivity index (χ1v) is 6.24. The average Bonchev–Trinajstić information content (AvgIpc) is 2.46. The van der Waals surface area contributed by atoms with E-state index in [1.807, 2.05) is 0 Å². The fourth-order valence-corrected chi connectivity index (χ4v) is 1.96. The molecule has 0 atom stereocenters. The van der Waals surface area contributed by atoms with Crippen molar-refractivity contribution in [3.05, 3.63) is 34.1 Å². The van der Waals surface area contributed by atoms with Crippen LogP contribution in [0.15, 0.2) is 18.2 Å². The number of rotatable bonds is 4. The van der Waals surface area contributed by atoms with Crippen LogP contribution in [-0.2, 0) is 4.79 Å². The van der Waals surface area contributed by atoms with Crippen molar-refractivity contribution in [3.8, 4) is 0 Å². The van der Waals surface area contributed by atoms with Crippen LogP contribution in [-0.4, -0.2) is 48.5 Å². The van der Waals surface area contributed by atoms with E-state index in [0.29, 0.717) is 13.1 Å². The van der Waals surface area contributed by atoms with E-state index in [9.17, 15) is 19.3 Å². The number of halogens is 1. The van der Waals surface area contributed by atoms with Gasteiger partial charge in [0.05, 0.1) is 23.2 Å². The van der Waals surface area contributed by atoms with E-state index in [2.05, 4.69) is 10.6 Å². The number of nitrogens with zero attached hydrogens (tertiary/aromatic N) is 2. The zero-order chi connectivity index (χ0) is 14.5. The number of non-ortho nitro benzene ring substituents is 1. The Morgan fingerprint density at radius 2 is 2.15 bits per heavy atom. The minimum Gasteiger partial charge on any atom is -0.374 e. The number of amides is 1. The molecule has 7 nitrogen and oxygen atoms in total. The number of nitro benzene ring substituents is 1. The van der Waals surface area contributed by atoms with Crippen molar-refractivity contribution < 1.29 is 14.1 Å². The van der Waals surface area contributed by atoms with E-state index >= 15 is 0 Å². The summed E-state index contributed by atoms with van der Waals surface area (Å²) >= 11 is 0. The molecule has 1 fully saturated rings. The quantitative estimate of drug-likeness (QED) is 0.623. The van der Waals surface area contributed by atoms with E-state index < -0.39 is 10.7 Å². The summed E-state index contributed by atoms with van der Waals surface area (Å²) in [7, 11) is 0. The van der Waals surface area contributed by atoms with Crippen LogP contribution in [0.4, 0.5) is 15.8 Å². The van der Waals surface area contributed by atoms with E-state index in [0.717, 1.165) is 19.2 Å². The summed E-state index contributed by atoms with van der Waals surface area (Å²) in [6.45, 7) is 2.72. The van der Waals surface area contributed by atoms with Gasteiger partial charge in [0.1, 0.15) is 0 Å². The van der Waals surface area contributed by atoms with E-state index in [4.69, 9.17) is 0 Å². The van der Waals surface area contributed by atoms with Crippen LogP contribution >= 0.6 is 0 Å². The maximum atomic E-state index is 13.6. The third-order valence-electron chi connectivity index (χ3n) is 3.06. The Hall–Kier alpha value is -2.22. The number of benzene rings is 1. The second kappa shape index (κ2) is 6.29. The molecule has 20 heavy (non-hydrogen) atoms. The van der Waals surface area contributed by atoms with Gasteiger partial charge in [0, 0.05) is 32.2 Å². The van der Waals surface area contributed by atoms with Crippen molar-refractivity contribution >= 4 is 17.3 Å². The summed E-state index contributed by atoms with van der Waals surface area (Å²) in [4.78, 5) is 23.4. The molecule has 0 bridgehead atoms. The first kappa shape index (κ1) is 14.2. The highest BCUT2D eigenvalue weighted by Gasteiger charge is 2.17. The Balaban J connectivity index is 1.93. The number of piperazine rings is 1. The third-order valence-corrected chi connectivity index (χ3v) is 3.06. The van der Waals surface area contributed by atoms with E-state index in [1.165, 1.54) is 12.1 Å². The molecule has 2 N–H and O–H groups in total. The molecule has 0 unspecified atom stereocenters. The minimum atomic E-state index is -0.743. The highest BCUT2D eigenvalue weighted by atomic mass is 19.1. The van der Waals surface area contributed by atoms with Crippen LogP contribution in [0.1, 0.15) is 0 Å². The summed E-state index contributed by atoms with van der Waals surface area (Å²) < 4.78 is 13.6. The third kappa shape index (κ3) is 3.41. The lowest BCUT2D eigenvalue weighted by molar-refractivity contribution is -0.385. The maximum absolute atomic E-state index is 13.6. The molecule has 8 heteroatoms. The number of hydrogen-bond acceptors (Lipinski definition) is 5. The molecule has 2 rings (SSSR count). The molecule has 0 aliphatic carbocycles. The van der Waals surface area contributed by atoms with Gasteiger partial charge in [0.15, 0.2) is 5.82 Å². The predicted molar refractivity (Wildman–Crippen MR) is 71.0 cm³/mol. The molecular weight excluding hydrogens is 267 g/mol. The Labute approximate surface area is 114 Å². The number of anilines is 1. The average molecular weight is 282 g/mol. The van der Waals surface area contributed by atoms with Gasteiger partial charge >= 0.3 is 0 Å². The molecule has 1 aliphatic heterocycles. The van der Waals surface area contributed by atoms with Gasteiger partial charge in [-0.1, -0.05) is 0 Å². The van der Waals surface area contributed by atoms with E-state index in [1.54, 1.807) is 4.90 Å². The number of carbonyl (C=O) groups is 1. The SMILES string of the molecule is O=C(CNc1ccc([N+](=O)[O-])cc1F)N1CCNCC1. The van der Waals surface area contributed by atoms with Gasteiger partial charge in [0.25, 0.3) is 5.69 Å². The van der Waals surface area contributed by atoms with Crippen molar-refractivity contribution in [2.24, 2.45) is 0 Å². The fraction of sp³-hybridized carbons (Fsp3) is 0.417. The highest BCUT2D eigenvalue weighted by Crippen LogP contribution is 2.20. The zero-order valence-electron chi connectivity index (χ0n) is 10.8. The highest BCUT2D eigenvalue weighted by molar-refractivity contribution is 5.81. The summed E-state index contributed by atoms with van der Waals surface area (Å²) in [5.41, 5.74) is -0.236. The largest absolute Gasteiger partial charge is 0.374 e. The molecule has 1 aromatic rings. The predicted octanol–water partition coefficient (Wildman–Crippen LogP) is 0.578. The maximum Gasteiger partial charge on any atom is 0.272 e. The van der Waals surface area contributed by atoms with Crippen LogP contribution in [0, 0.1) is 15.9 Å². The number of carbonyl (C=O) groups excluding carboxylic acids is 1. The molecule has 1 heterocycles. The van der Waals surface area contributed by atoms with Gasteiger partial charge in [-0.3, -0.25) is 14.9 Å². The summed E-state index contributed by atoms with van der Waals surface area (Å²) in [5, 5.41) is 16.3. The Bertz CT molecular complexity index is 517. The monoisotopic (exact) mass is 282 g/mol. The van der Waals surface area contributed by atoms with Crippen LogP contribution in [0.25, 0.3) is 0 Å². The van der Waals surface area contributed by atoms with Gasteiger partial charge in [-0.05, 0) is 6.07 Å². The molecule has 108 valence electrons. The molecule has 1 saturated heterocycles. The number of nitrogens with one attached hydrogen (secondary N) is 2. The van der Waals surface area contributed by atoms with Crippen LogP contribution in [0.2, 0.25) is 0 Å². The zero-order valence-corrected chi connectivity index (χ0v) is 10.8. The van der Waals surface area contributed by atoms with Crippen molar-refractivity contribution in [1.82, 2.24) is 10.2 Å².